The highest BCUT2D eigenvalue weighted by atomic mass is 16.4. The third-order valence-corrected chi connectivity index (χ3v) is 3.07. The number of anilines is 1. The van der Waals surface area contributed by atoms with E-state index >= 15 is 0 Å². The number of carboxylic acid groups (broad SMARTS) is 1. The fourth-order valence-electron chi connectivity index (χ4n) is 2.24. The van der Waals surface area contributed by atoms with Crippen molar-refractivity contribution >= 4 is 11.7 Å². The van der Waals surface area contributed by atoms with Gasteiger partial charge in [-0.3, -0.25) is 0 Å². The van der Waals surface area contributed by atoms with Crippen LogP contribution in [0.2, 0.25) is 0 Å². The number of carboxylic acids is 1. The summed E-state index contributed by atoms with van der Waals surface area (Å²) in [5.41, 5.74) is 7.00. The number of carbonyl (C=O) groups is 1. The molecule has 1 saturated heterocycles. The zero-order valence-electron chi connectivity index (χ0n) is 9.10. The molecule has 2 rings (SSSR count). The first-order valence-corrected chi connectivity index (χ1v) is 5.52. The maximum atomic E-state index is 10.9. The van der Waals surface area contributed by atoms with Gasteiger partial charge in [-0.2, -0.15) is 0 Å². The van der Waals surface area contributed by atoms with Crippen LogP contribution in [0.4, 0.5) is 5.69 Å². The van der Waals surface area contributed by atoms with Gasteiger partial charge in [-0.05, 0) is 31.0 Å². The van der Waals surface area contributed by atoms with Crippen LogP contribution >= 0.6 is 0 Å². The fourth-order valence-corrected chi connectivity index (χ4v) is 2.24. The van der Waals surface area contributed by atoms with Crippen LogP contribution in [0.15, 0.2) is 24.3 Å². The van der Waals surface area contributed by atoms with E-state index in [1.54, 1.807) is 18.2 Å². The maximum absolute atomic E-state index is 10.9. The summed E-state index contributed by atoms with van der Waals surface area (Å²) in [6, 6.07) is 7.41. The van der Waals surface area contributed by atoms with E-state index in [4.69, 9.17) is 10.8 Å². The van der Waals surface area contributed by atoms with Crippen LogP contribution in [-0.4, -0.2) is 30.2 Å². The van der Waals surface area contributed by atoms with Crippen LogP contribution < -0.4 is 10.6 Å². The molecular formula is C12H16N2O2. The highest BCUT2D eigenvalue weighted by Gasteiger charge is 2.23. The molecule has 0 saturated carbocycles. The SMILES string of the molecule is NC[C@H]1CCCN1c1cccc(C(=O)O)c1. The van der Waals surface area contributed by atoms with E-state index in [-0.39, 0.29) is 0 Å². The predicted molar refractivity (Wildman–Crippen MR) is 62.8 cm³/mol. The van der Waals surface area contributed by atoms with Gasteiger partial charge in [0.15, 0.2) is 0 Å². The number of benzene rings is 1. The third kappa shape index (κ3) is 2.02. The molecule has 1 atom stereocenters. The van der Waals surface area contributed by atoms with Crippen molar-refractivity contribution in [1.29, 1.82) is 0 Å². The number of aromatic carboxylic acids is 1. The highest BCUT2D eigenvalue weighted by Crippen LogP contribution is 2.25. The molecule has 0 aliphatic carbocycles. The summed E-state index contributed by atoms with van der Waals surface area (Å²) in [6.45, 7) is 1.59. The molecule has 0 spiro atoms. The molecule has 1 fully saturated rings. The Morgan fingerprint density at radius 3 is 3.06 bits per heavy atom. The van der Waals surface area contributed by atoms with Crippen molar-refractivity contribution < 1.29 is 9.90 Å². The summed E-state index contributed by atoms with van der Waals surface area (Å²) >= 11 is 0. The zero-order valence-corrected chi connectivity index (χ0v) is 9.10. The molecule has 1 aromatic rings. The number of nitrogens with two attached hydrogens (primary N) is 1. The molecule has 1 heterocycles. The lowest BCUT2D eigenvalue weighted by Crippen LogP contribution is -2.35. The van der Waals surface area contributed by atoms with E-state index in [2.05, 4.69) is 4.90 Å². The standard InChI is InChI=1S/C12H16N2O2/c13-8-11-5-2-6-14(11)10-4-1-3-9(7-10)12(15)16/h1,3-4,7,11H,2,5-6,8,13H2,(H,15,16)/t11-/m1/s1. The molecular weight excluding hydrogens is 204 g/mol. The molecule has 1 aromatic carbocycles. The third-order valence-electron chi connectivity index (χ3n) is 3.07. The Morgan fingerprint density at radius 2 is 2.38 bits per heavy atom. The van der Waals surface area contributed by atoms with E-state index in [1.165, 1.54) is 0 Å². The van der Waals surface area contributed by atoms with Gasteiger partial charge in [0.25, 0.3) is 0 Å². The van der Waals surface area contributed by atoms with Crippen LogP contribution in [-0.2, 0) is 0 Å². The second-order valence-corrected chi connectivity index (χ2v) is 4.08. The van der Waals surface area contributed by atoms with Crippen molar-refractivity contribution in [3.8, 4) is 0 Å². The topological polar surface area (TPSA) is 66.6 Å². The summed E-state index contributed by atoms with van der Waals surface area (Å²) in [5.74, 6) is -0.884. The molecule has 4 heteroatoms. The normalized spacial score (nSPS) is 20.1. The van der Waals surface area contributed by atoms with Crippen molar-refractivity contribution in [3.63, 3.8) is 0 Å². The molecule has 1 aliphatic heterocycles. The van der Waals surface area contributed by atoms with Gasteiger partial charge in [-0.15, -0.1) is 0 Å². The van der Waals surface area contributed by atoms with E-state index in [1.807, 2.05) is 6.07 Å². The first-order chi connectivity index (χ1) is 7.72. The van der Waals surface area contributed by atoms with Gasteiger partial charge in [0, 0.05) is 24.8 Å². The van der Waals surface area contributed by atoms with E-state index in [9.17, 15) is 4.79 Å². The van der Waals surface area contributed by atoms with Crippen molar-refractivity contribution in [2.45, 2.75) is 18.9 Å². The number of hydrogen-bond acceptors (Lipinski definition) is 3. The molecule has 1 aliphatic rings. The molecule has 0 radical (unpaired) electrons. The molecule has 16 heavy (non-hydrogen) atoms. The van der Waals surface area contributed by atoms with Gasteiger partial charge in [0.2, 0.25) is 0 Å². The van der Waals surface area contributed by atoms with E-state index in [0.29, 0.717) is 18.2 Å². The second-order valence-electron chi connectivity index (χ2n) is 4.08. The van der Waals surface area contributed by atoms with Gasteiger partial charge in [-0.25, -0.2) is 4.79 Å². The first kappa shape index (κ1) is 11.0. The molecule has 0 unspecified atom stereocenters. The summed E-state index contributed by atoms with van der Waals surface area (Å²) < 4.78 is 0. The van der Waals surface area contributed by atoms with Crippen LogP contribution in [0.5, 0.6) is 0 Å². The summed E-state index contributed by atoms with van der Waals surface area (Å²) in [5, 5.41) is 8.93. The fraction of sp³-hybridized carbons (Fsp3) is 0.417. The van der Waals surface area contributed by atoms with Gasteiger partial charge < -0.3 is 15.7 Å². The summed E-state index contributed by atoms with van der Waals surface area (Å²) in [6.07, 6.45) is 2.22. The van der Waals surface area contributed by atoms with Crippen molar-refractivity contribution in [1.82, 2.24) is 0 Å². The van der Waals surface area contributed by atoms with Gasteiger partial charge in [-0.1, -0.05) is 6.07 Å². The Bertz CT molecular complexity index is 392. The van der Waals surface area contributed by atoms with Crippen LogP contribution in [0, 0.1) is 0 Å². The molecule has 86 valence electrons. The average molecular weight is 220 g/mol. The number of rotatable bonds is 3. The lowest BCUT2D eigenvalue weighted by Gasteiger charge is -2.25. The molecule has 4 nitrogen and oxygen atoms in total. The summed E-state index contributed by atoms with van der Waals surface area (Å²) in [4.78, 5) is 13.1. The van der Waals surface area contributed by atoms with Crippen molar-refractivity contribution in [2.24, 2.45) is 5.73 Å². The Hall–Kier alpha value is -1.55. The monoisotopic (exact) mass is 220 g/mol. The maximum Gasteiger partial charge on any atom is 0.335 e. The van der Waals surface area contributed by atoms with E-state index in [0.717, 1.165) is 25.1 Å². The Kier molecular flexibility index (Phi) is 3.10. The van der Waals surface area contributed by atoms with Gasteiger partial charge in [0.1, 0.15) is 0 Å². The minimum atomic E-state index is -0.884. The van der Waals surface area contributed by atoms with Crippen molar-refractivity contribution in [2.75, 3.05) is 18.0 Å². The van der Waals surface area contributed by atoms with E-state index < -0.39 is 5.97 Å². The highest BCUT2D eigenvalue weighted by molar-refractivity contribution is 5.88. The summed E-state index contributed by atoms with van der Waals surface area (Å²) in [7, 11) is 0. The number of hydrogen-bond donors (Lipinski definition) is 2. The Labute approximate surface area is 94.7 Å². The van der Waals surface area contributed by atoms with Crippen LogP contribution in [0.3, 0.4) is 0 Å². The predicted octanol–water partition coefficient (Wildman–Crippen LogP) is 1.31. The zero-order chi connectivity index (χ0) is 11.5. The van der Waals surface area contributed by atoms with Gasteiger partial charge in [0.05, 0.1) is 5.56 Å². The smallest absolute Gasteiger partial charge is 0.335 e. The van der Waals surface area contributed by atoms with Crippen LogP contribution in [0.1, 0.15) is 23.2 Å². The Morgan fingerprint density at radius 1 is 1.56 bits per heavy atom. The quantitative estimate of drug-likeness (QED) is 0.806. The molecule has 0 amide bonds. The average Bonchev–Trinajstić information content (AvgIpc) is 2.77. The minimum absolute atomic E-state index is 0.333. The van der Waals surface area contributed by atoms with Crippen LogP contribution in [0.25, 0.3) is 0 Å². The van der Waals surface area contributed by atoms with Gasteiger partial charge >= 0.3 is 5.97 Å². The second kappa shape index (κ2) is 4.53. The lowest BCUT2D eigenvalue weighted by molar-refractivity contribution is 0.0697. The molecule has 0 bridgehead atoms. The lowest BCUT2D eigenvalue weighted by atomic mass is 10.1. The first-order valence-electron chi connectivity index (χ1n) is 5.52. The van der Waals surface area contributed by atoms with Crippen molar-refractivity contribution in [3.05, 3.63) is 29.8 Å². The molecule has 3 N–H and O–H groups in total. The largest absolute Gasteiger partial charge is 0.478 e. The Balaban J connectivity index is 2.26. The number of nitrogens with zero attached hydrogens (tertiary/aromatic N) is 1. The minimum Gasteiger partial charge on any atom is -0.478 e. The molecule has 0 aromatic heterocycles.